The van der Waals surface area contributed by atoms with E-state index in [2.05, 4.69) is 15.0 Å². The highest BCUT2D eigenvalue weighted by molar-refractivity contribution is 5.94. The van der Waals surface area contributed by atoms with Crippen LogP contribution in [0.5, 0.6) is 0 Å². The zero-order valence-electron chi connectivity index (χ0n) is 10.8. The van der Waals surface area contributed by atoms with E-state index in [0.717, 1.165) is 11.8 Å². The minimum atomic E-state index is -0.539. The van der Waals surface area contributed by atoms with Crippen molar-refractivity contribution >= 4 is 18.3 Å². The predicted octanol–water partition coefficient (Wildman–Crippen LogP) is 1.20. The van der Waals surface area contributed by atoms with E-state index in [9.17, 15) is 9.59 Å². The van der Waals surface area contributed by atoms with Gasteiger partial charge in [0.2, 0.25) is 5.96 Å². The number of aldehydes is 1. The molecule has 0 radical (unpaired) electrons. The summed E-state index contributed by atoms with van der Waals surface area (Å²) in [5.74, 6) is 0.483. The van der Waals surface area contributed by atoms with Crippen molar-refractivity contribution in [2.75, 3.05) is 20.7 Å². The van der Waals surface area contributed by atoms with Gasteiger partial charge in [-0.2, -0.15) is 0 Å². The molecule has 1 amide bonds. The number of methoxy groups -OCH3 is 1. The second-order valence-electron chi connectivity index (χ2n) is 4.19. The first-order chi connectivity index (χ1) is 9.15. The Morgan fingerprint density at radius 3 is 2.74 bits per heavy atom. The number of rotatable bonds is 2. The first-order valence-electron chi connectivity index (χ1n) is 5.83. The van der Waals surface area contributed by atoms with Crippen molar-refractivity contribution in [3.8, 4) is 0 Å². The molecule has 1 aliphatic heterocycles. The fourth-order valence-corrected chi connectivity index (χ4v) is 1.95. The summed E-state index contributed by atoms with van der Waals surface area (Å²) in [6.45, 7) is 0.552. The molecule has 2 rings (SSSR count). The number of hydrogen-bond donors (Lipinski definition) is 1. The highest BCUT2D eigenvalue weighted by atomic mass is 16.5. The van der Waals surface area contributed by atoms with Crippen LogP contribution in [-0.4, -0.2) is 43.9 Å². The Labute approximate surface area is 111 Å². The maximum Gasteiger partial charge on any atom is 0.413 e. The minimum absolute atomic E-state index is 0.0489. The molecule has 1 atom stereocenters. The van der Waals surface area contributed by atoms with Crippen LogP contribution in [0.1, 0.15) is 22.0 Å². The van der Waals surface area contributed by atoms with Gasteiger partial charge < -0.3 is 9.64 Å². The van der Waals surface area contributed by atoms with E-state index >= 15 is 0 Å². The van der Waals surface area contributed by atoms with Crippen LogP contribution in [0, 0.1) is 0 Å². The Kier molecular flexibility index (Phi) is 3.79. The molecular formula is C13H15N3O3. The monoisotopic (exact) mass is 261 g/mol. The molecule has 19 heavy (non-hydrogen) atoms. The van der Waals surface area contributed by atoms with Gasteiger partial charge in [-0.05, 0) is 5.56 Å². The standard InChI is InChI=1S/C13H15N3O3/c1-16-11(7-14-12(16)15-13(18)19-2)10-5-3-9(8-17)4-6-10/h3-6,8,11H,7H2,1-2H3,(H,14,15,18). The lowest BCUT2D eigenvalue weighted by Crippen LogP contribution is -2.40. The number of alkyl carbamates (subject to hydrolysis) is 1. The van der Waals surface area contributed by atoms with Gasteiger partial charge in [0.1, 0.15) is 6.29 Å². The molecule has 1 N–H and O–H groups in total. The van der Waals surface area contributed by atoms with Gasteiger partial charge in [-0.3, -0.25) is 15.1 Å². The zero-order valence-corrected chi connectivity index (χ0v) is 10.8. The summed E-state index contributed by atoms with van der Waals surface area (Å²) < 4.78 is 4.54. The van der Waals surface area contributed by atoms with Crippen molar-refractivity contribution in [3.05, 3.63) is 35.4 Å². The molecule has 1 aromatic rings. The third-order valence-electron chi connectivity index (χ3n) is 3.07. The van der Waals surface area contributed by atoms with Crippen LogP contribution in [0.2, 0.25) is 0 Å². The molecular weight excluding hydrogens is 246 g/mol. The van der Waals surface area contributed by atoms with E-state index in [4.69, 9.17) is 0 Å². The number of aliphatic imine (C=N–C) groups is 1. The number of amides is 1. The number of benzene rings is 1. The molecule has 0 aromatic heterocycles. The number of carbonyl (C=O) groups excluding carboxylic acids is 2. The Morgan fingerprint density at radius 1 is 1.47 bits per heavy atom. The normalized spacial score (nSPS) is 17.9. The summed E-state index contributed by atoms with van der Waals surface area (Å²) >= 11 is 0. The summed E-state index contributed by atoms with van der Waals surface area (Å²) in [5.41, 5.74) is 1.68. The summed E-state index contributed by atoms with van der Waals surface area (Å²) in [4.78, 5) is 27.9. The number of nitrogens with one attached hydrogen (secondary N) is 1. The average molecular weight is 261 g/mol. The van der Waals surface area contributed by atoms with E-state index in [0.29, 0.717) is 18.1 Å². The van der Waals surface area contributed by atoms with Crippen LogP contribution in [0.25, 0.3) is 0 Å². The molecule has 0 aliphatic carbocycles. The number of ether oxygens (including phenoxy) is 1. The zero-order chi connectivity index (χ0) is 13.8. The minimum Gasteiger partial charge on any atom is -0.453 e. The molecule has 1 aromatic carbocycles. The topological polar surface area (TPSA) is 71.0 Å². The van der Waals surface area contributed by atoms with Gasteiger partial charge in [0.25, 0.3) is 0 Å². The molecule has 1 heterocycles. The highest BCUT2D eigenvalue weighted by Gasteiger charge is 2.27. The predicted molar refractivity (Wildman–Crippen MR) is 70.2 cm³/mol. The van der Waals surface area contributed by atoms with Crippen molar-refractivity contribution < 1.29 is 14.3 Å². The number of hydrogen-bond acceptors (Lipinski definition) is 5. The largest absolute Gasteiger partial charge is 0.453 e. The lowest BCUT2D eigenvalue weighted by atomic mass is 10.1. The van der Waals surface area contributed by atoms with Crippen molar-refractivity contribution in [2.24, 2.45) is 4.99 Å². The lowest BCUT2D eigenvalue weighted by molar-refractivity contribution is 0.112. The Bertz CT molecular complexity index is 510. The average Bonchev–Trinajstić information content (AvgIpc) is 2.80. The summed E-state index contributed by atoms with van der Waals surface area (Å²) in [6.07, 6.45) is 0.269. The first-order valence-corrected chi connectivity index (χ1v) is 5.83. The smallest absolute Gasteiger partial charge is 0.413 e. The van der Waals surface area contributed by atoms with E-state index in [1.165, 1.54) is 7.11 Å². The van der Waals surface area contributed by atoms with E-state index in [-0.39, 0.29) is 6.04 Å². The third kappa shape index (κ3) is 2.73. The molecule has 6 nitrogen and oxygen atoms in total. The van der Waals surface area contributed by atoms with Gasteiger partial charge in [-0.15, -0.1) is 0 Å². The molecule has 0 spiro atoms. The van der Waals surface area contributed by atoms with Crippen LogP contribution in [0.3, 0.4) is 0 Å². The molecule has 0 bridgehead atoms. The second-order valence-corrected chi connectivity index (χ2v) is 4.19. The van der Waals surface area contributed by atoms with Crippen molar-refractivity contribution in [2.45, 2.75) is 6.04 Å². The van der Waals surface area contributed by atoms with Gasteiger partial charge in [-0.1, -0.05) is 24.3 Å². The fraction of sp³-hybridized carbons (Fsp3) is 0.308. The summed E-state index contributed by atoms with van der Waals surface area (Å²) in [7, 11) is 3.15. The van der Waals surface area contributed by atoms with E-state index in [1.54, 1.807) is 12.1 Å². The number of carbonyl (C=O) groups is 2. The molecule has 0 saturated carbocycles. The van der Waals surface area contributed by atoms with Crippen LogP contribution in [-0.2, 0) is 4.74 Å². The van der Waals surface area contributed by atoms with E-state index < -0.39 is 6.09 Å². The Morgan fingerprint density at radius 2 is 2.16 bits per heavy atom. The summed E-state index contributed by atoms with van der Waals surface area (Å²) in [5, 5.41) is 2.56. The van der Waals surface area contributed by atoms with Crippen LogP contribution >= 0.6 is 0 Å². The SMILES string of the molecule is COC(=O)NC1=NCC(c2ccc(C=O)cc2)N1C. The lowest BCUT2D eigenvalue weighted by Gasteiger charge is -2.23. The van der Waals surface area contributed by atoms with Crippen LogP contribution in [0.15, 0.2) is 29.3 Å². The number of likely N-dealkylation sites (N-methyl/N-ethyl adjacent to an activating group) is 1. The summed E-state index contributed by atoms with van der Waals surface area (Å²) in [6, 6.07) is 7.36. The quantitative estimate of drug-likeness (QED) is 0.812. The molecule has 0 fully saturated rings. The molecule has 0 saturated heterocycles. The first kappa shape index (κ1) is 13.1. The van der Waals surface area contributed by atoms with Gasteiger partial charge in [-0.25, -0.2) is 4.79 Å². The maximum absolute atomic E-state index is 11.2. The molecule has 1 unspecified atom stereocenters. The second kappa shape index (κ2) is 5.51. The molecule has 6 heteroatoms. The van der Waals surface area contributed by atoms with Crippen molar-refractivity contribution in [1.82, 2.24) is 10.2 Å². The van der Waals surface area contributed by atoms with Crippen molar-refractivity contribution in [3.63, 3.8) is 0 Å². The van der Waals surface area contributed by atoms with Crippen LogP contribution < -0.4 is 5.32 Å². The highest BCUT2D eigenvalue weighted by Crippen LogP contribution is 2.24. The fourth-order valence-electron chi connectivity index (χ4n) is 1.95. The Hall–Kier alpha value is -2.37. The van der Waals surface area contributed by atoms with Gasteiger partial charge in [0.15, 0.2) is 0 Å². The molecule has 1 aliphatic rings. The van der Waals surface area contributed by atoms with E-state index in [1.807, 2.05) is 24.1 Å². The number of nitrogens with zero attached hydrogens (tertiary/aromatic N) is 2. The maximum atomic E-state index is 11.2. The van der Waals surface area contributed by atoms with Gasteiger partial charge >= 0.3 is 6.09 Å². The third-order valence-corrected chi connectivity index (χ3v) is 3.07. The molecule has 100 valence electrons. The van der Waals surface area contributed by atoms with Gasteiger partial charge in [0.05, 0.1) is 19.7 Å². The van der Waals surface area contributed by atoms with Crippen molar-refractivity contribution in [1.29, 1.82) is 0 Å². The Balaban J connectivity index is 2.08. The number of guanidine groups is 1. The van der Waals surface area contributed by atoms with Gasteiger partial charge in [0, 0.05) is 12.6 Å². The van der Waals surface area contributed by atoms with Crippen LogP contribution in [0.4, 0.5) is 4.79 Å².